The standard InChI is InChI=1S/C13H17ClN2O.ClH/c1-9-4-5-11(10(14)8-9)16-12(17)13(15)6-2-3-7-13;/h4-5,8H,2-3,6-7,15H2,1H3,(H,16,17);1H. The zero-order chi connectivity index (χ0) is 12.5. The number of amides is 1. The number of hydrogen-bond acceptors (Lipinski definition) is 2. The van der Waals surface area contributed by atoms with Crippen LogP contribution >= 0.6 is 24.0 Å². The second kappa shape index (κ2) is 5.91. The molecule has 2 rings (SSSR count). The Kier molecular flexibility index (Phi) is 5.02. The molecule has 0 saturated heterocycles. The van der Waals surface area contributed by atoms with Crippen molar-refractivity contribution in [1.82, 2.24) is 0 Å². The highest BCUT2D eigenvalue weighted by Crippen LogP contribution is 2.30. The summed E-state index contributed by atoms with van der Waals surface area (Å²) in [5.74, 6) is -0.124. The van der Waals surface area contributed by atoms with Gasteiger partial charge < -0.3 is 11.1 Å². The van der Waals surface area contributed by atoms with Crippen molar-refractivity contribution < 1.29 is 4.79 Å². The van der Waals surface area contributed by atoms with Gasteiger partial charge in [-0.05, 0) is 37.5 Å². The van der Waals surface area contributed by atoms with Crippen LogP contribution in [0.4, 0.5) is 5.69 Å². The second-order valence-corrected chi connectivity index (χ2v) is 5.21. The zero-order valence-electron chi connectivity index (χ0n) is 10.3. The highest BCUT2D eigenvalue weighted by Gasteiger charge is 2.37. The Labute approximate surface area is 118 Å². The van der Waals surface area contributed by atoms with Crippen molar-refractivity contribution in [1.29, 1.82) is 0 Å². The van der Waals surface area contributed by atoms with Crippen LogP contribution in [-0.4, -0.2) is 11.4 Å². The van der Waals surface area contributed by atoms with Crippen molar-refractivity contribution >= 4 is 35.6 Å². The molecule has 0 aliphatic heterocycles. The van der Waals surface area contributed by atoms with Crippen LogP contribution in [0.3, 0.4) is 0 Å². The fourth-order valence-corrected chi connectivity index (χ4v) is 2.48. The molecule has 1 fully saturated rings. The molecule has 100 valence electrons. The highest BCUT2D eigenvalue weighted by molar-refractivity contribution is 6.33. The molecule has 0 atom stereocenters. The molecule has 5 heteroatoms. The Morgan fingerprint density at radius 3 is 2.56 bits per heavy atom. The minimum absolute atomic E-state index is 0. The van der Waals surface area contributed by atoms with Gasteiger partial charge in [0.05, 0.1) is 16.2 Å². The van der Waals surface area contributed by atoms with E-state index in [1.807, 2.05) is 25.1 Å². The van der Waals surface area contributed by atoms with Gasteiger partial charge in [0.15, 0.2) is 0 Å². The molecule has 1 saturated carbocycles. The minimum atomic E-state index is -0.714. The van der Waals surface area contributed by atoms with Gasteiger partial charge in [0.2, 0.25) is 5.91 Å². The summed E-state index contributed by atoms with van der Waals surface area (Å²) in [5.41, 5.74) is 7.07. The molecular formula is C13H18Cl2N2O. The summed E-state index contributed by atoms with van der Waals surface area (Å²) >= 11 is 6.07. The summed E-state index contributed by atoms with van der Waals surface area (Å²) in [7, 11) is 0. The molecule has 1 aliphatic carbocycles. The lowest BCUT2D eigenvalue weighted by atomic mass is 9.98. The third kappa shape index (κ3) is 3.16. The van der Waals surface area contributed by atoms with Gasteiger partial charge in [0, 0.05) is 0 Å². The van der Waals surface area contributed by atoms with Gasteiger partial charge in [-0.25, -0.2) is 0 Å². The summed E-state index contributed by atoms with van der Waals surface area (Å²) in [6.07, 6.45) is 3.54. The van der Waals surface area contributed by atoms with Crippen molar-refractivity contribution in [2.75, 3.05) is 5.32 Å². The average molecular weight is 289 g/mol. The molecule has 0 aromatic heterocycles. The van der Waals surface area contributed by atoms with Gasteiger partial charge in [0.1, 0.15) is 0 Å². The maximum Gasteiger partial charge on any atom is 0.244 e. The zero-order valence-corrected chi connectivity index (χ0v) is 11.9. The monoisotopic (exact) mass is 288 g/mol. The first-order valence-electron chi connectivity index (χ1n) is 5.88. The van der Waals surface area contributed by atoms with E-state index in [1.165, 1.54) is 0 Å². The van der Waals surface area contributed by atoms with Crippen LogP contribution in [-0.2, 0) is 4.79 Å². The lowest BCUT2D eigenvalue weighted by Crippen LogP contribution is -2.48. The fourth-order valence-electron chi connectivity index (χ4n) is 2.20. The van der Waals surface area contributed by atoms with Gasteiger partial charge >= 0.3 is 0 Å². The van der Waals surface area contributed by atoms with E-state index in [0.717, 1.165) is 31.2 Å². The molecule has 18 heavy (non-hydrogen) atoms. The lowest BCUT2D eigenvalue weighted by molar-refractivity contribution is -0.121. The Hall–Kier alpha value is -0.770. The molecule has 0 bridgehead atoms. The van der Waals surface area contributed by atoms with Gasteiger partial charge in [-0.2, -0.15) is 0 Å². The summed E-state index contributed by atoms with van der Waals surface area (Å²) in [6, 6.07) is 5.56. The number of rotatable bonds is 2. The Morgan fingerprint density at radius 2 is 2.00 bits per heavy atom. The number of carbonyl (C=O) groups excluding carboxylic acids is 1. The molecule has 1 aliphatic rings. The largest absolute Gasteiger partial charge is 0.323 e. The second-order valence-electron chi connectivity index (χ2n) is 4.80. The van der Waals surface area contributed by atoms with Crippen molar-refractivity contribution in [3.63, 3.8) is 0 Å². The Balaban J connectivity index is 0.00000162. The topological polar surface area (TPSA) is 55.1 Å². The van der Waals surface area contributed by atoms with E-state index in [2.05, 4.69) is 5.32 Å². The SMILES string of the molecule is Cc1ccc(NC(=O)C2(N)CCCC2)c(Cl)c1.Cl. The number of anilines is 1. The first-order valence-corrected chi connectivity index (χ1v) is 6.25. The van der Waals surface area contributed by atoms with Crippen molar-refractivity contribution in [3.05, 3.63) is 28.8 Å². The van der Waals surface area contributed by atoms with E-state index in [0.29, 0.717) is 10.7 Å². The molecule has 0 unspecified atom stereocenters. The third-order valence-electron chi connectivity index (χ3n) is 3.32. The van der Waals surface area contributed by atoms with Gasteiger partial charge in [-0.1, -0.05) is 30.5 Å². The number of nitrogens with two attached hydrogens (primary N) is 1. The predicted octanol–water partition coefficient (Wildman–Crippen LogP) is 3.28. The fraction of sp³-hybridized carbons (Fsp3) is 0.462. The highest BCUT2D eigenvalue weighted by atomic mass is 35.5. The first kappa shape index (κ1) is 15.3. The van der Waals surface area contributed by atoms with Gasteiger partial charge in [-0.15, -0.1) is 12.4 Å². The van der Waals surface area contributed by atoms with E-state index >= 15 is 0 Å². The van der Waals surface area contributed by atoms with E-state index in [9.17, 15) is 4.79 Å². The number of nitrogens with one attached hydrogen (secondary N) is 1. The minimum Gasteiger partial charge on any atom is -0.323 e. The van der Waals surface area contributed by atoms with Crippen LogP contribution < -0.4 is 11.1 Å². The van der Waals surface area contributed by atoms with Crippen molar-refractivity contribution in [3.8, 4) is 0 Å². The molecule has 3 N–H and O–H groups in total. The van der Waals surface area contributed by atoms with Crippen LogP contribution in [0.25, 0.3) is 0 Å². The maximum absolute atomic E-state index is 12.1. The normalized spacial score (nSPS) is 17.1. The molecular weight excluding hydrogens is 271 g/mol. The molecule has 0 spiro atoms. The van der Waals surface area contributed by atoms with Crippen LogP contribution in [0, 0.1) is 6.92 Å². The molecule has 1 aromatic carbocycles. The van der Waals surface area contributed by atoms with Crippen LogP contribution in [0.1, 0.15) is 31.2 Å². The molecule has 0 heterocycles. The summed E-state index contributed by atoms with van der Waals surface area (Å²) in [5, 5.41) is 3.38. The van der Waals surface area contributed by atoms with Crippen molar-refractivity contribution in [2.45, 2.75) is 38.1 Å². The van der Waals surface area contributed by atoms with E-state index < -0.39 is 5.54 Å². The van der Waals surface area contributed by atoms with Crippen LogP contribution in [0.15, 0.2) is 18.2 Å². The lowest BCUT2D eigenvalue weighted by Gasteiger charge is -2.22. The Morgan fingerprint density at radius 1 is 1.39 bits per heavy atom. The summed E-state index contributed by atoms with van der Waals surface area (Å²) < 4.78 is 0. The number of hydrogen-bond donors (Lipinski definition) is 2. The average Bonchev–Trinajstić information content (AvgIpc) is 2.71. The summed E-state index contributed by atoms with van der Waals surface area (Å²) in [6.45, 7) is 1.96. The molecule has 1 amide bonds. The molecule has 1 aromatic rings. The quantitative estimate of drug-likeness (QED) is 0.877. The number of halogens is 2. The summed E-state index contributed by atoms with van der Waals surface area (Å²) in [4.78, 5) is 12.1. The molecule has 3 nitrogen and oxygen atoms in total. The molecule has 0 radical (unpaired) electrons. The first-order chi connectivity index (χ1) is 8.01. The predicted molar refractivity (Wildman–Crippen MR) is 77.5 cm³/mol. The smallest absolute Gasteiger partial charge is 0.244 e. The maximum atomic E-state index is 12.1. The number of aryl methyl sites for hydroxylation is 1. The number of carbonyl (C=O) groups is 1. The number of benzene rings is 1. The van der Waals surface area contributed by atoms with Crippen LogP contribution in [0.2, 0.25) is 5.02 Å². The van der Waals surface area contributed by atoms with E-state index in [4.69, 9.17) is 17.3 Å². The van der Waals surface area contributed by atoms with Crippen LogP contribution in [0.5, 0.6) is 0 Å². The Bertz CT molecular complexity index is 443. The van der Waals surface area contributed by atoms with E-state index in [1.54, 1.807) is 0 Å². The van der Waals surface area contributed by atoms with E-state index in [-0.39, 0.29) is 18.3 Å². The van der Waals surface area contributed by atoms with Gasteiger partial charge in [0.25, 0.3) is 0 Å². The van der Waals surface area contributed by atoms with Crippen molar-refractivity contribution in [2.24, 2.45) is 5.73 Å². The van der Waals surface area contributed by atoms with Gasteiger partial charge in [-0.3, -0.25) is 4.79 Å². The third-order valence-corrected chi connectivity index (χ3v) is 3.63.